The summed E-state index contributed by atoms with van der Waals surface area (Å²) in [6.45, 7) is 7.00. The van der Waals surface area contributed by atoms with Crippen molar-refractivity contribution in [2.75, 3.05) is 19.7 Å². The highest BCUT2D eigenvalue weighted by atomic mass is 35.5. The first kappa shape index (κ1) is 28.9. The second kappa shape index (κ2) is 11.5. The Morgan fingerprint density at radius 1 is 1.21 bits per heavy atom. The average Bonchev–Trinajstić information content (AvgIpc) is 3.41. The molecule has 2 saturated heterocycles. The zero-order valence-electron chi connectivity index (χ0n) is 23.7. The number of hydrogen-bond donors (Lipinski definition) is 2. The summed E-state index contributed by atoms with van der Waals surface area (Å²) in [4.78, 5) is 18.4. The normalized spacial score (nSPS) is 23.1. The van der Waals surface area contributed by atoms with E-state index in [1.54, 1.807) is 19.1 Å². The fraction of sp³-hybridized carbons (Fsp3) is 0.484. The van der Waals surface area contributed by atoms with Crippen molar-refractivity contribution >= 4 is 17.6 Å². The van der Waals surface area contributed by atoms with Crippen LogP contribution in [0.15, 0.2) is 36.4 Å². The number of carboxylic acids is 1. The third-order valence-electron chi connectivity index (χ3n) is 8.56. The fourth-order valence-electron chi connectivity index (χ4n) is 6.32. The number of ether oxygens (including phenoxy) is 3. The number of nitrogens with zero attached hydrogens (tertiary/aromatic N) is 3. The molecule has 0 aliphatic carbocycles. The van der Waals surface area contributed by atoms with Gasteiger partial charge in [0.15, 0.2) is 11.5 Å². The Balaban J connectivity index is 1.16. The van der Waals surface area contributed by atoms with Crippen LogP contribution in [0.5, 0.6) is 11.5 Å². The monoisotopic (exact) mass is 599 g/mol. The van der Waals surface area contributed by atoms with Crippen LogP contribution in [0.3, 0.4) is 0 Å². The van der Waals surface area contributed by atoms with E-state index in [0.717, 1.165) is 43.7 Å². The lowest BCUT2D eigenvalue weighted by Gasteiger charge is -2.33. The van der Waals surface area contributed by atoms with Gasteiger partial charge in [0.2, 0.25) is 0 Å². The van der Waals surface area contributed by atoms with Crippen molar-refractivity contribution < 1.29 is 33.6 Å². The van der Waals surface area contributed by atoms with E-state index < -0.39 is 23.7 Å². The first-order valence-corrected chi connectivity index (χ1v) is 14.7. The van der Waals surface area contributed by atoms with Crippen LogP contribution in [0.2, 0.25) is 5.02 Å². The molecule has 0 bridgehead atoms. The second-order valence-corrected chi connectivity index (χ2v) is 11.9. The summed E-state index contributed by atoms with van der Waals surface area (Å²) in [6.07, 6.45) is 1.21. The van der Waals surface area contributed by atoms with Crippen molar-refractivity contribution in [3.63, 3.8) is 0 Å². The molecule has 6 rings (SSSR count). The minimum absolute atomic E-state index is 0.0355. The van der Waals surface area contributed by atoms with Gasteiger partial charge in [-0.15, -0.1) is 0 Å². The maximum atomic E-state index is 14.8. The number of halogens is 2. The van der Waals surface area contributed by atoms with E-state index in [2.05, 4.69) is 11.0 Å². The van der Waals surface area contributed by atoms with Crippen molar-refractivity contribution in [1.29, 1.82) is 0 Å². The van der Waals surface area contributed by atoms with E-state index in [-0.39, 0.29) is 24.0 Å². The van der Waals surface area contributed by atoms with Crippen molar-refractivity contribution in [1.82, 2.24) is 14.5 Å². The SMILES string of the molecule is Cc1nc(CN2CCC(c3cccc4c3O[C@@](C)(c3ccc(Cl)cc3F)O4)CC2)n(C[C@@H]2CCO2)c1C(O)CC(=O)O. The number of likely N-dealkylation sites (tertiary alicyclic amines) is 1. The molecular weight excluding hydrogens is 565 g/mol. The minimum atomic E-state index is -1.30. The van der Waals surface area contributed by atoms with E-state index in [9.17, 15) is 19.4 Å². The Morgan fingerprint density at radius 3 is 2.64 bits per heavy atom. The molecule has 1 unspecified atom stereocenters. The smallest absolute Gasteiger partial charge is 0.306 e. The molecule has 9 nitrogen and oxygen atoms in total. The van der Waals surface area contributed by atoms with Gasteiger partial charge in [0.1, 0.15) is 17.7 Å². The maximum absolute atomic E-state index is 14.8. The molecule has 3 aromatic rings. The number of fused-ring (bicyclic) bond motifs is 1. The number of aliphatic hydroxyl groups excluding tert-OH is 1. The topological polar surface area (TPSA) is 106 Å². The predicted molar refractivity (Wildman–Crippen MR) is 152 cm³/mol. The molecule has 3 aliphatic rings. The summed E-state index contributed by atoms with van der Waals surface area (Å²) in [6, 6.07) is 10.3. The standard InChI is InChI=1S/C31H35ClFN3O6/c1-18-29(25(37)15-28(38)39)36(16-21-10-13-40-21)27(34-18)17-35-11-8-19(9-12-35)22-4-3-5-26-30(22)42-31(2,41-26)23-7-6-20(32)14-24(23)33/h3-7,14,19,21,25,37H,8-13,15-17H2,1-2H3,(H,38,39)/t21-,25?,31-/m0/s1. The Morgan fingerprint density at radius 2 is 1.98 bits per heavy atom. The Labute approximate surface area is 248 Å². The largest absolute Gasteiger partial charge is 0.481 e. The van der Waals surface area contributed by atoms with Gasteiger partial charge in [0.05, 0.1) is 42.6 Å². The summed E-state index contributed by atoms with van der Waals surface area (Å²) in [5.74, 6) is -0.557. The number of rotatable bonds is 9. The third-order valence-corrected chi connectivity index (χ3v) is 8.79. The molecule has 2 aromatic carbocycles. The number of imidazole rings is 1. The van der Waals surface area contributed by atoms with Crippen LogP contribution in [-0.2, 0) is 28.4 Å². The lowest BCUT2D eigenvalue weighted by molar-refractivity contribution is -0.139. The van der Waals surface area contributed by atoms with Crippen LogP contribution in [-0.4, -0.2) is 56.4 Å². The summed E-state index contributed by atoms with van der Waals surface area (Å²) in [5.41, 5.74) is 2.53. The van der Waals surface area contributed by atoms with Crippen LogP contribution in [0, 0.1) is 12.7 Å². The summed E-state index contributed by atoms with van der Waals surface area (Å²) in [7, 11) is 0. The molecule has 3 atom stereocenters. The summed E-state index contributed by atoms with van der Waals surface area (Å²) in [5, 5.41) is 20.3. The highest BCUT2D eigenvalue weighted by Crippen LogP contribution is 2.50. The maximum Gasteiger partial charge on any atom is 0.306 e. The Kier molecular flexibility index (Phi) is 7.91. The number of carboxylic acid groups (broad SMARTS) is 1. The number of benzene rings is 2. The molecule has 0 spiro atoms. The van der Waals surface area contributed by atoms with Gasteiger partial charge in [-0.2, -0.15) is 0 Å². The van der Waals surface area contributed by atoms with Crippen molar-refractivity contribution in [2.24, 2.45) is 0 Å². The average molecular weight is 600 g/mol. The highest BCUT2D eigenvalue weighted by Gasteiger charge is 2.43. The lowest BCUT2D eigenvalue weighted by atomic mass is 9.88. The Hall–Kier alpha value is -3.18. The molecule has 224 valence electrons. The van der Waals surface area contributed by atoms with E-state index >= 15 is 0 Å². The molecule has 0 amide bonds. The van der Waals surface area contributed by atoms with Gasteiger partial charge in [0.25, 0.3) is 5.79 Å². The molecule has 42 heavy (non-hydrogen) atoms. The molecule has 2 fully saturated rings. The highest BCUT2D eigenvalue weighted by molar-refractivity contribution is 6.30. The molecule has 11 heteroatoms. The van der Waals surface area contributed by atoms with Crippen LogP contribution >= 0.6 is 11.6 Å². The van der Waals surface area contributed by atoms with Crippen LogP contribution in [0.25, 0.3) is 0 Å². The number of aliphatic hydroxyl groups is 1. The van der Waals surface area contributed by atoms with Gasteiger partial charge in [-0.05, 0) is 69.5 Å². The lowest BCUT2D eigenvalue weighted by Crippen LogP contribution is -2.36. The van der Waals surface area contributed by atoms with E-state index in [1.807, 2.05) is 23.6 Å². The quantitative estimate of drug-likeness (QED) is 0.341. The van der Waals surface area contributed by atoms with E-state index in [0.29, 0.717) is 47.6 Å². The molecule has 4 heterocycles. The molecule has 3 aliphatic heterocycles. The van der Waals surface area contributed by atoms with E-state index in [4.69, 9.17) is 30.8 Å². The predicted octanol–water partition coefficient (Wildman–Crippen LogP) is 5.30. The Bertz CT molecular complexity index is 1490. The first-order chi connectivity index (χ1) is 20.1. The van der Waals surface area contributed by atoms with Gasteiger partial charge >= 0.3 is 5.97 Å². The number of aryl methyl sites for hydroxylation is 1. The number of carbonyl (C=O) groups is 1. The van der Waals surface area contributed by atoms with Crippen LogP contribution in [0.4, 0.5) is 4.39 Å². The van der Waals surface area contributed by atoms with Crippen LogP contribution < -0.4 is 9.47 Å². The number of piperidine rings is 1. The molecule has 2 N–H and O–H groups in total. The summed E-state index contributed by atoms with van der Waals surface area (Å²) >= 11 is 5.96. The third kappa shape index (κ3) is 5.60. The molecular formula is C31H35ClFN3O6. The van der Waals surface area contributed by atoms with Gasteiger partial charge in [-0.3, -0.25) is 9.69 Å². The molecule has 0 saturated carbocycles. The van der Waals surface area contributed by atoms with Crippen molar-refractivity contribution in [2.45, 2.75) is 76.5 Å². The number of para-hydroxylation sites is 1. The first-order valence-electron chi connectivity index (χ1n) is 14.4. The van der Waals surface area contributed by atoms with Gasteiger partial charge in [-0.25, -0.2) is 9.37 Å². The van der Waals surface area contributed by atoms with Crippen molar-refractivity contribution in [3.8, 4) is 11.5 Å². The van der Waals surface area contributed by atoms with Gasteiger partial charge < -0.3 is 29.0 Å². The fourth-order valence-corrected chi connectivity index (χ4v) is 6.48. The van der Waals surface area contributed by atoms with Gasteiger partial charge in [-0.1, -0.05) is 23.7 Å². The minimum Gasteiger partial charge on any atom is -0.481 e. The number of aliphatic carboxylic acids is 1. The van der Waals surface area contributed by atoms with Crippen molar-refractivity contribution in [3.05, 3.63) is 75.6 Å². The van der Waals surface area contributed by atoms with E-state index in [1.165, 1.54) is 6.07 Å². The molecule has 1 aromatic heterocycles. The second-order valence-electron chi connectivity index (χ2n) is 11.5. The summed E-state index contributed by atoms with van der Waals surface area (Å²) < 4.78 is 34.9. The number of hydrogen-bond acceptors (Lipinski definition) is 7. The molecule has 0 radical (unpaired) electrons. The zero-order chi connectivity index (χ0) is 29.6. The van der Waals surface area contributed by atoms with Gasteiger partial charge in [0, 0.05) is 24.1 Å². The van der Waals surface area contributed by atoms with Crippen LogP contribution in [0.1, 0.15) is 73.0 Å². The number of aromatic nitrogens is 2. The zero-order valence-corrected chi connectivity index (χ0v) is 24.4.